The second-order valence-corrected chi connectivity index (χ2v) is 7.91. The third kappa shape index (κ3) is 6.24. The second kappa shape index (κ2) is 9.66. The Morgan fingerprint density at radius 3 is 2.64 bits per heavy atom. The highest BCUT2D eigenvalue weighted by molar-refractivity contribution is 7.99. The molecular formula is C20H29N3OS. The largest absolute Gasteiger partial charge is 0.355 e. The number of amides is 1. The van der Waals surface area contributed by atoms with E-state index in [4.69, 9.17) is 0 Å². The van der Waals surface area contributed by atoms with Gasteiger partial charge in [0.15, 0.2) is 0 Å². The SMILES string of the molecule is Cc1nn(CC(C)C)c(C)c1CCC(=O)NCCSc1ccccc1. The standard InChI is InChI=1S/C20H29N3OS/c1-15(2)14-23-17(4)19(16(3)22-23)10-11-20(24)21-12-13-25-18-8-6-5-7-9-18/h5-9,15H,10-14H2,1-4H3,(H,21,24). The summed E-state index contributed by atoms with van der Waals surface area (Å²) in [5, 5.41) is 7.63. The summed E-state index contributed by atoms with van der Waals surface area (Å²) in [4.78, 5) is 13.3. The summed E-state index contributed by atoms with van der Waals surface area (Å²) in [6.45, 7) is 10.1. The van der Waals surface area contributed by atoms with E-state index in [-0.39, 0.29) is 5.91 Å². The maximum atomic E-state index is 12.1. The van der Waals surface area contributed by atoms with Gasteiger partial charge in [0.25, 0.3) is 0 Å². The van der Waals surface area contributed by atoms with Crippen molar-refractivity contribution in [2.75, 3.05) is 12.3 Å². The number of carbonyl (C=O) groups excluding carboxylic acids is 1. The lowest BCUT2D eigenvalue weighted by Gasteiger charge is -2.08. The Labute approximate surface area is 155 Å². The number of hydrogen-bond acceptors (Lipinski definition) is 3. The Kier molecular flexibility index (Phi) is 7.56. The highest BCUT2D eigenvalue weighted by Gasteiger charge is 2.13. The number of thioether (sulfide) groups is 1. The summed E-state index contributed by atoms with van der Waals surface area (Å²) < 4.78 is 2.07. The van der Waals surface area contributed by atoms with Crippen LogP contribution in [0.3, 0.4) is 0 Å². The molecule has 0 unspecified atom stereocenters. The molecule has 0 radical (unpaired) electrons. The van der Waals surface area contributed by atoms with Gasteiger partial charge in [-0.1, -0.05) is 32.0 Å². The zero-order valence-electron chi connectivity index (χ0n) is 15.7. The lowest BCUT2D eigenvalue weighted by atomic mass is 10.1. The third-order valence-electron chi connectivity index (χ3n) is 4.11. The van der Waals surface area contributed by atoms with Gasteiger partial charge in [-0.3, -0.25) is 9.48 Å². The minimum atomic E-state index is 0.115. The molecule has 5 heteroatoms. The van der Waals surface area contributed by atoms with E-state index in [2.05, 4.69) is 48.0 Å². The van der Waals surface area contributed by atoms with Gasteiger partial charge in [-0.05, 0) is 43.9 Å². The molecule has 1 amide bonds. The number of aryl methyl sites for hydroxylation is 1. The number of nitrogens with one attached hydrogen (secondary N) is 1. The number of nitrogens with zero attached hydrogens (tertiary/aromatic N) is 2. The number of rotatable bonds is 9. The number of aromatic nitrogens is 2. The summed E-state index contributed by atoms with van der Waals surface area (Å²) in [6, 6.07) is 10.3. The van der Waals surface area contributed by atoms with Crippen LogP contribution in [0.2, 0.25) is 0 Å². The lowest BCUT2D eigenvalue weighted by molar-refractivity contribution is -0.120. The van der Waals surface area contributed by atoms with Crippen LogP contribution in [-0.4, -0.2) is 28.0 Å². The van der Waals surface area contributed by atoms with Crippen molar-refractivity contribution in [2.24, 2.45) is 5.92 Å². The molecule has 0 saturated heterocycles. The minimum Gasteiger partial charge on any atom is -0.355 e. The molecule has 0 saturated carbocycles. The third-order valence-corrected chi connectivity index (χ3v) is 5.12. The summed E-state index contributed by atoms with van der Waals surface area (Å²) in [5.74, 6) is 1.57. The molecule has 136 valence electrons. The van der Waals surface area contributed by atoms with Crippen molar-refractivity contribution in [2.45, 2.75) is 52.0 Å². The van der Waals surface area contributed by atoms with Crippen molar-refractivity contribution in [1.82, 2.24) is 15.1 Å². The molecule has 0 aliphatic heterocycles. The van der Waals surface area contributed by atoms with Crippen molar-refractivity contribution >= 4 is 17.7 Å². The lowest BCUT2D eigenvalue weighted by Crippen LogP contribution is -2.26. The van der Waals surface area contributed by atoms with Crippen LogP contribution in [-0.2, 0) is 17.8 Å². The summed E-state index contributed by atoms with van der Waals surface area (Å²) in [5.41, 5.74) is 3.46. The molecule has 2 rings (SSSR count). The first-order valence-electron chi connectivity index (χ1n) is 8.94. The molecule has 25 heavy (non-hydrogen) atoms. The van der Waals surface area contributed by atoms with Crippen molar-refractivity contribution in [3.63, 3.8) is 0 Å². The van der Waals surface area contributed by atoms with Gasteiger partial charge < -0.3 is 5.32 Å². The average molecular weight is 360 g/mol. The van der Waals surface area contributed by atoms with E-state index in [1.165, 1.54) is 16.2 Å². The maximum Gasteiger partial charge on any atom is 0.220 e. The molecule has 1 heterocycles. The predicted octanol–water partition coefficient (Wildman–Crippen LogP) is 4.00. The normalized spacial score (nSPS) is 11.1. The van der Waals surface area contributed by atoms with Crippen LogP contribution in [0.25, 0.3) is 0 Å². The van der Waals surface area contributed by atoms with E-state index >= 15 is 0 Å². The fourth-order valence-electron chi connectivity index (χ4n) is 2.82. The zero-order valence-corrected chi connectivity index (χ0v) is 16.5. The number of carbonyl (C=O) groups is 1. The Morgan fingerprint density at radius 2 is 1.96 bits per heavy atom. The fourth-order valence-corrected chi connectivity index (χ4v) is 3.61. The van der Waals surface area contributed by atoms with Crippen LogP contribution in [0.5, 0.6) is 0 Å². The van der Waals surface area contributed by atoms with Gasteiger partial charge in [0.2, 0.25) is 5.91 Å². The van der Waals surface area contributed by atoms with Crippen molar-refractivity contribution < 1.29 is 4.79 Å². The zero-order chi connectivity index (χ0) is 18.2. The Morgan fingerprint density at radius 1 is 1.24 bits per heavy atom. The number of benzene rings is 1. The minimum absolute atomic E-state index is 0.115. The van der Waals surface area contributed by atoms with E-state index in [1.807, 2.05) is 25.1 Å². The molecule has 2 aromatic rings. The van der Waals surface area contributed by atoms with Gasteiger partial charge in [0.05, 0.1) is 5.69 Å². The molecule has 0 atom stereocenters. The smallest absolute Gasteiger partial charge is 0.220 e. The quantitative estimate of drug-likeness (QED) is 0.544. The first kappa shape index (κ1) is 19.6. The molecule has 4 nitrogen and oxygen atoms in total. The monoisotopic (exact) mass is 359 g/mol. The fraction of sp³-hybridized carbons (Fsp3) is 0.500. The second-order valence-electron chi connectivity index (χ2n) is 6.74. The summed E-state index contributed by atoms with van der Waals surface area (Å²) >= 11 is 1.76. The predicted molar refractivity (Wildman–Crippen MR) is 105 cm³/mol. The Bertz CT molecular complexity index is 680. The van der Waals surface area contributed by atoms with E-state index in [0.717, 1.165) is 24.4 Å². The van der Waals surface area contributed by atoms with Gasteiger partial charge in [-0.25, -0.2) is 0 Å². The van der Waals surface area contributed by atoms with Crippen LogP contribution in [0.1, 0.15) is 37.2 Å². The topological polar surface area (TPSA) is 46.9 Å². The van der Waals surface area contributed by atoms with Crippen molar-refractivity contribution in [3.8, 4) is 0 Å². The molecule has 1 N–H and O–H groups in total. The van der Waals surface area contributed by atoms with E-state index in [9.17, 15) is 4.79 Å². The van der Waals surface area contributed by atoms with Gasteiger partial charge >= 0.3 is 0 Å². The Hall–Kier alpha value is -1.75. The van der Waals surface area contributed by atoms with Crippen LogP contribution in [0.15, 0.2) is 35.2 Å². The Balaban J connectivity index is 1.74. The van der Waals surface area contributed by atoms with Gasteiger partial charge in [-0.2, -0.15) is 5.10 Å². The average Bonchev–Trinajstić information content (AvgIpc) is 2.84. The van der Waals surface area contributed by atoms with Gasteiger partial charge in [0, 0.05) is 35.9 Å². The molecule has 0 aliphatic carbocycles. The van der Waals surface area contributed by atoms with E-state index in [0.29, 0.717) is 18.9 Å². The van der Waals surface area contributed by atoms with E-state index < -0.39 is 0 Å². The van der Waals surface area contributed by atoms with Gasteiger partial charge in [-0.15, -0.1) is 11.8 Å². The molecule has 1 aromatic heterocycles. The van der Waals surface area contributed by atoms with Crippen molar-refractivity contribution in [3.05, 3.63) is 47.3 Å². The summed E-state index contributed by atoms with van der Waals surface area (Å²) in [7, 11) is 0. The molecule has 1 aromatic carbocycles. The molecule has 0 bridgehead atoms. The van der Waals surface area contributed by atoms with Crippen LogP contribution in [0.4, 0.5) is 0 Å². The highest BCUT2D eigenvalue weighted by Crippen LogP contribution is 2.17. The van der Waals surface area contributed by atoms with Crippen molar-refractivity contribution in [1.29, 1.82) is 0 Å². The first-order chi connectivity index (χ1) is 12.0. The van der Waals surface area contributed by atoms with Crippen LogP contribution in [0, 0.1) is 19.8 Å². The maximum absolute atomic E-state index is 12.1. The molecule has 0 aliphatic rings. The molecule has 0 spiro atoms. The van der Waals surface area contributed by atoms with Gasteiger partial charge in [0.1, 0.15) is 0 Å². The number of hydrogen-bond donors (Lipinski definition) is 1. The van der Waals surface area contributed by atoms with Crippen LogP contribution < -0.4 is 5.32 Å². The first-order valence-corrected chi connectivity index (χ1v) is 9.93. The van der Waals surface area contributed by atoms with Crippen LogP contribution >= 0.6 is 11.8 Å². The summed E-state index contributed by atoms with van der Waals surface area (Å²) in [6.07, 6.45) is 1.28. The van der Waals surface area contributed by atoms with E-state index in [1.54, 1.807) is 11.8 Å². The highest BCUT2D eigenvalue weighted by atomic mass is 32.2. The molecular weight excluding hydrogens is 330 g/mol. The molecule has 0 fully saturated rings.